The van der Waals surface area contributed by atoms with Crippen LogP contribution in [-0.4, -0.2) is 21.3 Å². The molecule has 1 atom stereocenters. The summed E-state index contributed by atoms with van der Waals surface area (Å²) in [4.78, 5) is 0. The summed E-state index contributed by atoms with van der Waals surface area (Å²) >= 11 is 0. The molecular formula is C18H18O4. The average Bonchev–Trinajstić information content (AvgIpc) is 2.60. The molecule has 0 bridgehead atoms. The number of rotatable bonds is 4. The molecular weight excluding hydrogens is 280 g/mol. The summed E-state index contributed by atoms with van der Waals surface area (Å²) in [6.45, 7) is 0. The highest BCUT2D eigenvalue weighted by Crippen LogP contribution is 2.49. The SMILES string of the molecule is COc1cc(OC)c(OC)c2c1C=CC(c1ccccc1)O2. The molecule has 0 spiro atoms. The van der Waals surface area contributed by atoms with E-state index in [0.29, 0.717) is 23.0 Å². The fourth-order valence-electron chi connectivity index (χ4n) is 2.57. The minimum absolute atomic E-state index is 0.167. The first-order valence-corrected chi connectivity index (χ1v) is 7.01. The van der Waals surface area contributed by atoms with Gasteiger partial charge in [0.05, 0.1) is 26.9 Å². The molecule has 0 aromatic heterocycles. The second-order valence-corrected chi connectivity index (χ2v) is 4.87. The van der Waals surface area contributed by atoms with Crippen LogP contribution in [-0.2, 0) is 0 Å². The lowest BCUT2D eigenvalue weighted by Crippen LogP contribution is -2.11. The van der Waals surface area contributed by atoms with Gasteiger partial charge in [-0.1, -0.05) is 30.3 Å². The summed E-state index contributed by atoms with van der Waals surface area (Å²) in [5.74, 6) is 2.48. The Kier molecular flexibility index (Phi) is 3.92. The highest BCUT2D eigenvalue weighted by atomic mass is 16.5. The number of ether oxygens (including phenoxy) is 4. The maximum absolute atomic E-state index is 6.15. The molecule has 2 aromatic carbocycles. The Balaban J connectivity index is 2.09. The van der Waals surface area contributed by atoms with E-state index in [1.807, 2.05) is 42.5 Å². The normalized spacial score (nSPS) is 15.7. The molecule has 4 nitrogen and oxygen atoms in total. The minimum atomic E-state index is -0.167. The molecule has 0 N–H and O–H groups in total. The van der Waals surface area contributed by atoms with Gasteiger partial charge in [-0.05, 0) is 17.7 Å². The largest absolute Gasteiger partial charge is 0.496 e. The molecule has 0 radical (unpaired) electrons. The van der Waals surface area contributed by atoms with Gasteiger partial charge in [-0.3, -0.25) is 0 Å². The molecule has 2 aromatic rings. The summed E-state index contributed by atoms with van der Waals surface area (Å²) in [7, 11) is 4.82. The molecule has 1 unspecified atom stereocenters. The maximum Gasteiger partial charge on any atom is 0.204 e. The van der Waals surface area contributed by atoms with Crippen LogP contribution in [0.1, 0.15) is 17.2 Å². The van der Waals surface area contributed by atoms with Crippen LogP contribution < -0.4 is 18.9 Å². The van der Waals surface area contributed by atoms with Crippen LogP contribution in [0.2, 0.25) is 0 Å². The van der Waals surface area contributed by atoms with Gasteiger partial charge in [0, 0.05) is 6.07 Å². The number of hydrogen-bond donors (Lipinski definition) is 0. The number of methoxy groups -OCH3 is 3. The molecule has 1 aliphatic heterocycles. The molecule has 1 heterocycles. The highest BCUT2D eigenvalue weighted by molar-refractivity contribution is 5.74. The molecule has 114 valence electrons. The summed E-state index contributed by atoms with van der Waals surface area (Å²) < 4.78 is 22.4. The molecule has 4 heteroatoms. The third-order valence-electron chi connectivity index (χ3n) is 3.66. The van der Waals surface area contributed by atoms with Gasteiger partial charge < -0.3 is 18.9 Å². The van der Waals surface area contributed by atoms with Gasteiger partial charge in [-0.15, -0.1) is 0 Å². The Labute approximate surface area is 129 Å². The first-order chi connectivity index (χ1) is 10.8. The third-order valence-corrected chi connectivity index (χ3v) is 3.66. The second-order valence-electron chi connectivity index (χ2n) is 4.87. The van der Waals surface area contributed by atoms with Gasteiger partial charge in [-0.25, -0.2) is 0 Å². The van der Waals surface area contributed by atoms with Crippen LogP contribution in [0.5, 0.6) is 23.0 Å². The van der Waals surface area contributed by atoms with E-state index in [1.165, 1.54) is 0 Å². The Bertz CT molecular complexity index is 692. The standard InChI is InChI=1S/C18H18O4/c1-19-15-11-16(20-2)18(21-3)17-13(15)9-10-14(22-17)12-7-5-4-6-8-12/h4-11,14H,1-3H3. The van der Waals surface area contributed by atoms with Gasteiger partial charge in [0.25, 0.3) is 0 Å². The van der Waals surface area contributed by atoms with E-state index in [4.69, 9.17) is 18.9 Å². The third kappa shape index (κ3) is 2.37. The van der Waals surface area contributed by atoms with Gasteiger partial charge in [-0.2, -0.15) is 0 Å². The van der Waals surface area contributed by atoms with Crippen molar-refractivity contribution in [3.05, 3.63) is 53.6 Å². The van der Waals surface area contributed by atoms with Crippen molar-refractivity contribution >= 4 is 6.08 Å². The van der Waals surface area contributed by atoms with E-state index in [2.05, 4.69) is 0 Å². The zero-order valence-electron chi connectivity index (χ0n) is 12.8. The number of fused-ring (bicyclic) bond motifs is 1. The van der Waals surface area contributed by atoms with Crippen molar-refractivity contribution in [1.82, 2.24) is 0 Å². The molecule has 0 saturated heterocycles. The lowest BCUT2D eigenvalue weighted by molar-refractivity contribution is 0.231. The maximum atomic E-state index is 6.15. The zero-order chi connectivity index (χ0) is 15.5. The fourth-order valence-corrected chi connectivity index (χ4v) is 2.57. The van der Waals surface area contributed by atoms with Gasteiger partial charge >= 0.3 is 0 Å². The predicted octanol–water partition coefficient (Wildman–Crippen LogP) is 3.86. The Morgan fingerprint density at radius 1 is 0.909 bits per heavy atom. The summed E-state index contributed by atoms with van der Waals surface area (Å²) in [5.41, 5.74) is 1.93. The molecule has 0 saturated carbocycles. The van der Waals surface area contributed by atoms with Crippen LogP contribution in [0, 0.1) is 0 Å². The molecule has 0 amide bonds. The first kappa shape index (κ1) is 14.3. The van der Waals surface area contributed by atoms with Crippen LogP contribution in [0.15, 0.2) is 42.5 Å². The molecule has 0 aliphatic carbocycles. The van der Waals surface area contributed by atoms with E-state index < -0.39 is 0 Å². The minimum Gasteiger partial charge on any atom is -0.496 e. The van der Waals surface area contributed by atoms with Gasteiger partial charge in [0.15, 0.2) is 11.5 Å². The summed E-state index contributed by atoms with van der Waals surface area (Å²) in [6.07, 6.45) is 3.84. The molecule has 22 heavy (non-hydrogen) atoms. The number of hydrogen-bond acceptors (Lipinski definition) is 4. The van der Waals surface area contributed by atoms with Crippen molar-refractivity contribution in [1.29, 1.82) is 0 Å². The molecule has 1 aliphatic rings. The number of benzene rings is 2. The average molecular weight is 298 g/mol. The summed E-state index contributed by atoms with van der Waals surface area (Å²) in [6, 6.07) is 11.8. The van der Waals surface area contributed by atoms with Crippen LogP contribution in [0.4, 0.5) is 0 Å². The van der Waals surface area contributed by atoms with E-state index in [0.717, 1.165) is 11.1 Å². The van der Waals surface area contributed by atoms with E-state index in [1.54, 1.807) is 27.4 Å². The summed E-state index contributed by atoms with van der Waals surface area (Å²) in [5, 5.41) is 0. The van der Waals surface area contributed by atoms with Crippen LogP contribution >= 0.6 is 0 Å². The van der Waals surface area contributed by atoms with Crippen molar-refractivity contribution in [3.8, 4) is 23.0 Å². The van der Waals surface area contributed by atoms with Gasteiger partial charge in [0.2, 0.25) is 5.75 Å². The van der Waals surface area contributed by atoms with E-state index in [-0.39, 0.29) is 6.10 Å². The first-order valence-electron chi connectivity index (χ1n) is 7.01. The van der Waals surface area contributed by atoms with Crippen molar-refractivity contribution in [3.63, 3.8) is 0 Å². The lowest BCUT2D eigenvalue weighted by atomic mass is 10.0. The van der Waals surface area contributed by atoms with Crippen LogP contribution in [0.25, 0.3) is 6.08 Å². The second kappa shape index (κ2) is 6.02. The van der Waals surface area contributed by atoms with Crippen molar-refractivity contribution < 1.29 is 18.9 Å². The highest BCUT2D eigenvalue weighted by Gasteiger charge is 2.26. The predicted molar refractivity (Wildman–Crippen MR) is 84.9 cm³/mol. The molecule has 0 fully saturated rings. The van der Waals surface area contributed by atoms with Gasteiger partial charge in [0.1, 0.15) is 11.9 Å². The quantitative estimate of drug-likeness (QED) is 0.859. The molecule has 3 rings (SSSR count). The lowest BCUT2D eigenvalue weighted by Gasteiger charge is -2.25. The Morgan fingerprint density at radius 2 is 1.64 bits per heavy atom. The Hall–Kier alpha value is -2.62. The topological polar surface area (TPSA) is 36.9 Å². The van der Waals surface area contributed by atoms with Crippen molar-refractivity contribution in [2.75, 3.05) is 21.3 Å². The Morgan fingerprint density at radius 3 is 2.27 bits per heavy atom. The van der Waals surface area contributed by atoms with E-state index in [9.17, 15) is 0 Å². The zero-order valence-corrected chi connectivity index (χ0v) is 12.8. The van der Waals surface area contributed by atoms with Crippen molar-refractivity contribution in [2.45, 2.75) is 6.10 Å². The van der Waals surface area contributed by atoms with Crippen LogP contribution in [0.3, 0.4) is 0 Å². The van der Waals surface area contributed by atoms with E-state index >= 15 is 0 Å². The fraction of sp³-hybridized carbons (Fsp3) is 0.222. The smallest absolute Gasteiger partial charge is 0.204 e. The monoisotopic (exact) mass is 298 g/mol. The van der Waals surface area contributed by atoms with Crippen molar-refractivity contribution in [2.24, 2.45) is 0 Å².